The van der Waals surface area contributed by atoms with Gasteiger partial charge in [0.1, 0.15) is 17.2 Å². The summed E-state index contributed by atoms with van der Waals surface area (Å²) in [5.74, 6) is -2.77. The van der Waals surface area contributed by atoms with Crippen LogP contribution in [0.15, 0.2) is 71.3 Å². The molecule has 4 rings (SSSR count). The van der Waals surface area contributed by atoms with Crippen molar-refractivity contribution in [3.8, 4) is 11.3 Å². The molecule has 0 bridgehead atoms. The SMILES string of the molecule is O=C(OCC(=O)c1cc(F)ccc1F)c1ccc2noc(-c3ccccc3)c2c1. The topological polar surface area (TPSA) is 69.4 Å². The molecule has 4 aromatic rings. The molecule has 0 radical (unpaired) electrons. The van der Waals surface area contributed by atoms with E-state index in [1.807, 2.05) is 30.3 Å². The van der Waals surface area contributed by atoms with Crippen molar-refractivity contribution in [1.82, 2.24) is 5.16 Å². The van der Waals surface area contributed by atoms with E-state index in [2.05, 4.69) is 5.16 Å². The lowest BCUT2D eigenvalue weighted by molar-refractivity contribution is 0.0473. The Kier molecular flexibility index (Phi) is 4.87. The summed E-state index contributed by atoms with van der Waals surface area (Å²) in [5.41, 5.74) is 1.04. The minimum Gasteiger partial charge on any atom is -0.454 e. The molecule has 5 nitrogen and oxygen atoms in total. The van der Waals surface area contributed by atoms with Gasteiger partial charge in [0.15, 0.2) is 12.4 Å². The van der Waals surface area contributed by atoms with Crippen LogP contribution in [0.1, 0.15) is 20.7 Å². The van der Waals surface area contributed by atoms with E-state index in [0.717, 1.165) is 23.8 Å². The monoisotopic (exact) mass is 393 g/mol. The first kappa shape index (κ1) is 18.5. The quantitative estimate of drug-likeness (QED) is 0.359. The Hall–Kier alpha value is -3.87. The summed E-state index contributed by atoms with van der Waals surface area (Å²) < 4.78 is 37.3. The van der Waals surface area contributed by atoms with Crippen molar-refractivity contribution in [2.24, 2.45) is 0 Å². The van der Waals surface area contributed by atoms with Crippen molar-refractivity contribution in [2.75, 3.05) is 6.61 Å². The number of hydrogen-bond donors (Lipinski definition) is 0. The van der Waals surface area contributed by atoms with Gasteiger partial charge in [-0.25, -0.2) is 13.6 Å². The predicted molar refractivity (Wildman–Crippen MR) is 100 cm³/mol. The minimum absolute atomic E-state index is 0.172. The van der Waals surface area contributed by atoms with Crippen LogP contribution in [-0.4, -0.2) is 23.5 Å². The second-order valence-electron chi connectivity index (χ2n) is 6.23. The lowest BCUT2D eigenvalue weighted by atomic mass is 10.1. The molecule has 1 heterocycles. The Labute approximate surface area is 163 Å². The minimum atomic E-state index is -0.883. The Morgan fingerprint density at radius 2 is 1.76 bits per heavy atom. The maximum Gasteiger partial charge on any atom is 0.338 e. The number of ether oxygens (including phenoxy) is 1. The Morgan fingerprint density at radius 3 is 2.55 bits per heavy atom. The second-order valence-corrected chi connectivity index (χ2v) is 6.23. The van der Waals surface area contributed by atoms with Crippen LogP contribution >= 0.6 is 0 Å². The van der Waals surface area contributed by atoms with E-state index < -0.39 is 35.6 Å². The predicted octanol–water partition coefficient (Wildman–Crippen LogP) is 4.81. The fourth-order valence-electron chi connectivity index (χ4n) is 2.87. The van der Waals surface area contributed by atoms with Gasteiger partial charge in [-0.1, -0.05) is 35.5 Å². The first-order valence-corrected chi connectivity index (χ1v) is 8.63. The lowest BCUT2D eigenvalue weighted by Crippen LogP contribution is -2.15. The van der Waals surface area contributed by atoms with Gasteiger partial charge in [-0.05, 0) is 36.4 Å². The molecule has 0 N–H and O–H groups in total. The number of Topliss-reactive ketones (excluding diaryl/α,β-unsaturated/α-hetero) is 1. The molecule has 0 amide bonds. The first-order chi connectivity index (χ1) is 14.0. The number of hydrogen-bond acceptors (Lipinski definition) is 5. The highest BCUT2D eigenvalue weighted by molar-refractivity contribution is 6.01. The molecule has 0 saturated carbocycles. The Morgan fingerprint density at radius 1 is 0.966 bits per heavy atom. The molecule has 3 aromatic carbocycles. The van der Waals surface area contributed by atoms with Crippen LogP contribution in [-0.2, 0) is 4.74 Å². The van der Waals surface area contributed by atoms with Gasteiger partial charge >= 0.3 is 5.97 Å². The van der Waals surface area contributed by atoms with Crippen molar-refractivity contribution in [2.45, 2.75) is 0 Å². The molecule has 144 valence electrons. The first-order valence-electron chi connectivity index (χ1n) is 8.63. The van der Waals surface area contributed by atoms with E-state index in [4.69, 9.17) is 9.26 Å². The summed E-state index contributed by atoms with van der Waals surface area (Å²) >= 11 is 0. The lowest BCUT2D eigenvalue weighted by Gasteiger charge is -2.06. The summed E-state index contributed by atoms with van der Waals surface area (Å²) in [6.45, 7) is -0.716. The average Bonchev–Trinajstić information content (AvgIpc) is 3.17. The Bertz CT molecular complexity index is 1220. The molecule has 0 aliphatic rings. The van der Waals surface area contributed by atoms with Crippen LogP contribution in [0.25, 0.3) is 22.2 Å². The third-order valence-electron chi connectivity index (χ3n) is 4.31. The molecule has 29 heavy (non-hydrogen) atoms. The summed E-state index contributed by atoms with van der Waals surface area (Å²) in [4.78, 5) is 24.4. The molecule has 0 aliphatic carbocycles. The zero-order valence-electron chi connectivity index (χ0n) is 14.9. The summed E-state index contributed by atoms with van der Waals surface area (Å²) in [6.07, 6.45) is 0. The number of carbonyl (C=O) groups is 2. The number of carbonyl (C=O) groups excluding carboxylic acids is 2. The van der Waals surface area contributed by atoms with Gasteiger partial charge < -0.3 is 9.26 Å². The van der Waals surface area contributed by atoms with E-state index in [0.29, 0.717) is 16.7 Å². The number of nitrogens with zero attached hydrogens (tertiary/aromatic N) is 1. The largest absolute Gasteiger partial charge is 0.454 e. The fraction of sp³-hybridized carbons (Fsp3) is 0.0455. The molecule has 0 atom stereocenters. The summed E-state index contributed by atoms with van der Waals surface area (Å²) in [7, 11) is 0. The van der Waals surface area contributed by atoms with E-state index in [1.54, 1.807) is 12.1 Å². The van der Waals surface area contributed by atoms with Gasteiger partial charge in [-0.15, -0.1) is 0 Å². The molecule has 0 aliphatic heterocycles. The van der Waals surface area contributed by atoms with Crippen molar-refractivity contribution >= 4 is 22.7 Å². The highest BCUT2D eigenvalue weighted by Gasteiger charge is 2.18. The van der Waals surface area contributed by atoms with Crippen molar-refractivity contribution < 1.29 is 27.6 Å². The van der Waals surface area contributed by atoms with Gasteiger partial charge in [-0.2, -0.15) is 0 Å². The Balaban J connectivity index is 1.54. The molecular formula is C22H13F2NO4. The van der Waals surface area contributed by atoms with E-state index in [9.17, 15) is 18.4 Å². The van der Waals surface area contributed by atoms with E-state index in [-0.39, 0.29) is 5.56 Å². The number of fused-ring (bicyclic) bond motifs is 1. The highest BCUT2D eigenvalue weighted by atomic mass is 19.1. The van der Waals surface area contributed by atoms with Gasteiger partial charge in [0.2, 0.25) is 5.78 Å². The maximum atomic E-state index is 13.7. The number of rotatable bonds is 5. The van der Waals surface area contributed by atoms with Crippen LogP contribution in [0.2, 0.25) is 0 Å². The third-order valence-corrected chi connectivity index (χ3v) is 4.31. The molecule has 0 unspecified atom stereocenters. The molecule has 0 fully saturated rings. The van der Waals surface area contributed by atoms with Crippen LogP contribution in [0, 0.1) is 11.6 Å². The number of ketones is 1. The number of aromatic nitrogens is 1. The van der Waals surface area contributed by atoms with E-state index in [1.165, 1.54) is 6.07 Å². The molecular weight excluding hydrogens is 380 g/mol. The van der Waals surface area contributed by atoms with Crippen LogP contribution in [0.4, 0.5) is 8.78 Å². The smallest absolute Gasteiger partial charge is 0.338 e. The van der Waals surface area contributed by atoms with Crippen molar-refractivity contribution in [3.05, 3.63) is 89.5 Å². The fourth-order valence-corrected chi connectivity index (χ4v) is 2.87. The number of esters is 1. The van der Waals surface area contributed by atoms with Crippen LogP contribution in [0.5, 0.6) is 0 Å². The van der Waals surface area contributed by atoms with Gasteiger partial charge in [0.25, 0.3) is 0 Å². The van der Waals surface area contributed by atoms with Gasteiger partial charge in [0, 0.05) is 5.56 Å². The van der Waals surface area contributed by atoms with Crippen LogP contribution in [0.3, 0.4) is 0 Å². The zero-order chi connectivity index (χ0) is 20.4. The van der Waals surface area contributed by atoms with Crippen molar-refractivity contribution in [3.63, 3.8) is 0 Å². The number of benzene rings is 3. The maximum absolute atomic E-state index is 13.7. The third kappa shape index (κ3) is 3.75. The number of halogens is 2. The normalized spacial score (nSPS) is 10.8. The molecule has 7 heteroatoms. The zero-order valence-corrected chi connectivity index (χ0v) is 14.9. The van der Waals surface area contributed by atoms with Gasteiger partial charge in [0.05, 0.1) is 16.5 Å². The summed E-state index contributed by atoms with van der Waals surface area (Å²) in [6, 6.07) is 16.4. The standard InChI is InChI=1S/C22H13F2NO4/c23-15-7-8-18(24)16(11-15)20(26)12-28-22(27)14-6-9-19-17(10-14)21(29-25-19)13-4-2-1-3-5-13/h1-11H,12H2. The van der Waals surface area contributed by atoms with E-state index >= 15 is 0 Å². The summed E-state index contributed by atoms with van der Waals surface area (Å²) in [5, 5.41) is 4.57. The second kappa shape index (κ2) is 7.63. The van der Waals surface area contributed by atoms with Gasteiger partial charge in [-0.3, -0.25) is 4.79 Å². The molecule has 0 saturated heterocycles. The van der Waals surface area contributed by atoms with Crippen LogP contribution < -0.4 is 0 Å². The van der Waals surface area contributed by atoms with Crippen molar-refractivity contribution in [1.29, 1.82) is 0 Å². The average molecular weight is 393 g/mol. The molecule has 1 aromatic heterocycles. The molecule has 0 spiro atoms. The highest BCUT2D eigenvalue weighted by Crippen LogP contribution is 2.29.